The fourth-order valence-corrected chi connectivity index (χ4v) is 3.46. The summed E-state index contributed by atoms with van der Waals surface area (Å²) in [7, 11) is 0.866. The summed E-state index contributed by atoms with van der Waals surface area (Å²) in [4.78, 5) is 27.3. The van der Waals surface area contributed by atoms with Crippen molar-refractivity contribution in [1.29, 1.82) is 0 Å². The zero-order chi connectivity index (χ0) is 19.6. The maximum atomic E-state index is 13.0. The topological polar surface area (TPSA) is 100 Å². The van der Waals surface area contributed by atoms with E-state index in [2.05, 4.69) is 10.6 Å². The maximum absolute atomic E-state index is 13.0. The number of ether oxygens (including phenoxy) is 2. The summed E-state index contributed by atoms with van der Waals surface area (Å²) < 4.78 is 11.8. The van der Waals surface area contributed by atoms with Crippen LogP contribution in [0.25, 0.3) is 0 Å². The molecule has 2 amide bonds. The van der Waals surface area contributed by atoms with Crippen LogP contribution in [0.3, 0.4) is 0 Å². The third-order valence-corrected chi connectivity index (χ3v) is 5.45. The van der Waals surface area contributed by atoms with E-state index >= 15 is 0 Å². The van der Waals surface area contributed by atoms with Crippen LogP contribution in [-0.4, -0.2) is 66.6 Å². The summed E-state index contributed by atoms with van der Waals surface area (Å²) in [6, 6.07) is 5.76. The van der Waals surface area contributed by atoms with Crippen molar-refractivity contribution in [2.75, 3.05) is 25.6 Å². The Balaban J connectivity index is 1.89. The molecule has 146 valence electrons. The number of amides is 2. The highest BCUT2D eigenvalue weighted by Crippen LogP contribution is 2.38. The minimum absolute atomic E-state index is 0.318. The Morgan fingerprint density at radius 3 is 2.74 bits per heavy atom. The molecule has 2 aliphatic rings. The van der Waals surface area contributed by atoms with E-state index in [1.165, 1.54) is 4.81 Å². The molecule has 1 fully saturated rings. The molecule has 0 aromatic heterocycles. The highest BCUT2D eigenvalue weighted by Gasteiger charge is 2.50. The van der Waals surface area contributed by atoms with Crippen molar-refractivity contribution < 1.29 is 24.1 Å². The summed E-state index contributed by atoms with van der Waals surface area (Å²) in [6.45, 7) is 4.17. The van der Waals surface area contributed by atoms with Gasteiger partial charge in [0.25, 0.3) is 5.91 Å². The fraction of sp³-hybridized carbons (Fsp3) is 0.556. The van der Waals surface area contributed by atoms with Gasteiger partial charge in [0.15, 0.2) is 0 Å². The van der Waals surface area contributed by atoms with Gasteiger partial charge in [0.2, 0.25) is 5.91 Å². The lowest BCUT2D eigenvalue weighted by molar-refractivity contribution is -0.137. The summed E-state index contributed by atoms with van der Waals surface area (Å²) >= 11 is 0. The third kappa shape index (κ3) is 3.95. The minimum atomic E-state index is -0.881. The number of carbonyl (C=O) groups is 2. The average Bonchev–Trinajstić information content (AvgIpc) is 2.76. The van der Waals surface area contributed by atoms with Crippen molar-refractivity contribution in [2.45, 2.75) is 44.3 Å². The molecule has 0 aliphatic carbocycles. The number of hydrogen-bond acceptors (Lipinski definition) is 6. The number of fused-ring (bicyclic) bond motifs is 1. The van der Waals surface area contributed by atoms with Crippen LogP contribution < -0.4 is 15.4 Å². The van der Waals surface area contributed by atoms with Crippen LogP contribution in [0.2, 0.25) is 6.82 Å². The van der Waals surface area contributed by atoms with E-state index in [1.54, 1.807) is 32.9 Å². The quantitative estimate of drug-likeness (QED) is 0.662. The maximum Gasteiger partial charge on any atom is 0.376 e. The van der Waals surface area contributed by atoms with Gasteiger partial charge in [0, 0.05) is 12.8 Å². The Kier molecular flexibility index (Phi) is 5.73. The van der Waals surface area contributed by atoms with Gasteiger partial charge < -0.3 is 29.9 Å². The van der Waals surface area contributed by atoms with Gasteiger partial charge in [-0.2, -0.15) is 0 Å². The van der Waals surface area contributed by atoms with E-state index in [0.29, 0.717) is 37.5 Å². The largest absolute Gasteiger partial charge is 0.482 e. The molecule has 3 N–H and O–H groups in total. The zero-order valence-electron chi connectivity index (χ0n) is 15.9. The zero-order valence-corrected chi connectivity index (χ0v) is 15.9. The molecule has 2 heterocycles. The first-order valence-corrected chi connectivity index (χ1v) is 9.21. The molecule has 0 saturated carbocycles. The summed E-state index contributed by atoms with van der Waals surface area (Å²) in [5.41, 5.74) is -0.299. The van der Waals surface area contributed by atoms with E-state index in [4.69, 9.17) is 9.47 Å². The second kappa shape index (κ2) is 7.88. The number of hydrogen-bond donors (Lipinski definition) is 3. The highest BCUT2D eigenvalue weighted by atomic mass is 16.5. The van der Waals surface area contributed by atoms with Gasteiger partial charge in [0.1, 0.15) is 17.4 Å². The molecule has 2 aliphatic heterocycles. The van der Waals surface area contributed by atoms with Crippen LogP contribution in [-0.2, 0) is 14.3 Å². The first-order chi connectivity index (χ1) is 12.8. The van der Waals surface area contributed by atoms with E-state index in [1.807, 2.05) is 12.1 Å². The number of likely N-dealkylation sites (N-methyl/N-ethyl adjacent to an activating group) is 1. The average molecular weight is 375 g/mol. The standard InChI is InChI=1S/C18H26BN3O5/c1-12(22(3)19(2)25)16(23)21-15-17(24)20-13-6-4-5-7-14(13)27-18(15)8-10-26-11-9-18/h4-7,12,15,25H,8-11H2,1-3H3,(H,20,24)(H,21,23)/t12-,15+/m0/s1. The van der Waals surface area contributed by atoms with E-state index in [-0.39, 0.29) is 11.8 Å². The Hall–Kier alpha value is -2.10. The highest BCUT2D eigenvalue weighted by molar-refractivity contribution is 6.45. The van der Waals surface area contributed by atoms with E-state index in [0.717, 1.165) is 0 Å². The number of rotatable bonds is 4. The first-order valence-electron chi connectivity index (χ1n) is 9.21. The molecule has 9 heteroatoms. The Bertz CT molecular complexity index is 708. The lowest BCUT2D eigenvalue weighted by atomic mass is 9.83. The number of para-hydroxylation sites is 2. The van der Waals surface area contributed by atoms with Crippen molar-refractivity contribution in [1.82, 2.24) is 10.1 Å². The monoisotopic (exact) mass is 375 g/mol. The van der Waals surface area contributed by atoms with Crippen LogP contribution >= 0.6 is 0 Å². The first kappa shape index (κ1) is 19.7. The van der Waals surface area contributed by atoms with Gasteiger partial charge in [-0.05, 0) is 32.9 Å². The summed E-state index contributed by atoms with van der Waals surface area (Å²) in [6.07, 6.45) is 0.973. The van der Waals surface area contributed by atoms with Crippen LogP contribution in [0.5, 0.6) is 5.75 Å². The van der Waals surface area contributed by atoms with Crippen LogP contribution in [0.15, 0.2) is 24.3 Å². The van der Waals surface area contributed by atoms with Gasteiger partial charge >= 0.3 is 7.05 Å². The number of nitrogens with one attached hydrogen (secondary N) is 2. The molecule has 1 aromatic rings. The van der Waals surface area contributed by atoms with Crippen molar-refractivity contribution in [3.63, 3.8) is 0 Å². The fourth-order valence-electron chi connectivity index (χ4n) is 3.46. The SMILES string of the molecule is CB(O)N(C)[C@@H](C)C(=O)N[C@@H]1C(=O)Nc2ccccc2OC12CCOCC2. The molecule has 0 bridgehead atoms. The van der Waals surface area contributed by atoms with Crippen LogP contribution in [0, 0.1) is 0 Å². The van der Waals surface area contributed by atoms with Crippen molar-refractivity contribution in [3.8, 4) is 5.75 Å². The second-order valence-electron chi connectivity index (χ2n) is 7.18. The third-order valence-electron chi connectivity index (χ3n) is 5.45. The minimum Gasteiger partial charge on any atom is -0.482 e. The Morgan fingerprint density at radius 2 is 2.07 bits per heavy atom. The number of anilines is 1. The summed E-state index contributed by atoms with van der Waals surface area (Å²) in [5, 5.41) is 15.4. The molecular weight excluding hydrogens is 349 g/mol. The van der Waals surface area contributed by atoms with Gasteiger partial charge in [-0.15, -0.1) is 0 Å². The summed E-state index contributed by atoms with van der Waals surface area (Å²) in [5.74, 6) is -0.0836. The Morgan fingerprint density at radius 1 is 1.41 bits per heavy atom. The Labute approximate surface area is 159 Å². The second-order valence-corrected chi connectivity index (χ2v) is 7.18. The molecule has 0 radical (unpaired) electrons. The lowest BCUT2D eigenvalue weighted by Gasteiger charge is -2.41. The van der Waals surface area contributed by atoms with Crippen LogP contribution in [0.4, 0.5) is 5.69 Å². The van der Waals surface area contributed by atoms with E-state index in [9.17, 15) is 14.6 Å². The van der Waals surface area contributed by atoms with Gasteiger partial charge in [-0.25, -0.2) is 0 Å². The number of nitrogens with zero attached hydrogens (tertiary/aromatic N) is 1. The normalized spacial score (nSPS) is 22.3. The molecular formula is C18H26BN3O5. The predicted molar refractivity (Wildman–Crippen MR) is 101 cm³/mol. The smallest absolute Gasteiger partial charge is 0.376 e. The van der Waals surface area contributed by atoms with Gasteiger partial charge in [-0.1, -0.05) is 12.1 Å². The van der Waals surface area contributed by atoms with Gasteiger partial charge in [-0.3, -0.25) is 9.59 Å². The number of benzene rings is 1. The molecule has 8 nitrogen and oxygen atoms in total. The van der Waals surface area contributed by atoms with Crippen molar-refractivity contribution in [2.24, 2.45) is 0 Å². The molecule has 2 atom stereocenters. The molecule has 1 spiro atoms. The van der Waals surface area contributed by atoms with E-state index < -0.39 is 24.7 Å². The van der Waals surface area contributed by atoms with Gasteiger partial charge in [0.05, 0.1) is 24.9 Å². The predicted octanol–water partition coefficient (Wildman–Crippen LogP) is 0.482. The number of carbonyl (C=O) groups excluding carboxylic acids is 2. The molecule has 27 heavy (non-hydrogen) atoms. The lowest BCUT2D eigenvalue weighted by Crippen LogP contribution is -2.64. The van der Waals surface area contributed by atoms with Crippen molar-refractivity contribution >= 4 is 24.6 Å². The molecule has 1 aromatic carbocycles. The van der Waals surface area contributed by atoms with Crippen molar-refractivity contribution in [3.05, 3.63) is 24.3 Å². The van der Waals surface area contributed by atoms with Crippen LogP contribution in [0.1, 0.15) is 19.8 Å². The molecule has 3 rings (SSSR count). The molecule has 0 unspecified atom stereocenters. The molecule has 1 saturated heterocycles.